The van der Waals surface area contributed by atoms with Crippen molar-refractivity contribution < 1.29 is 9.53 Å². The minimum atomic E-state index is 0.233. The Kier molecular flexibility index (Phi) is 5.75. The van der Waals surface area contributed by atoms with E-state index in [1.165, 1.54) is 11.1 Å². The van der Waals surface area contributed by atoms with Crippen molar-refractivity contribution in [2.24, 2.45) is 0 Å². The summed E-state index contributed by atoms with van der Waals surface area (Å²) in [6.07, 6.45) is 4.39. The molecule has 0 N–H and O–H groups in total. The molecular weight excluding hydrogens is 310 g/mol. The molecule has 0 aromatic heterocycles. The second-order valence-corrected chi connectivity index (χ2v) is 6.74. The summed E-state index contributed by atoms with van der Waals surface area (Å²) in [4.78, 5) is 15.1. The van der Waals surface area contributed by atoms with Crippen LogP contribution in [0.25, 0.3) is 0 Å². The van der Waals surface area contributed by atoms with Gasteiger partial charge in [0.05, 0.1) is 13.5 Å². The van der Waals surface area contributed by atoms with Crippen LogP contribution in [0.15, 0.2) is 48.5 Å². The fourth-order valence-corrected chi connectivity index (χ4v) is 3.82. The molecule has 0 saturated carbocycles. The van der Waals surface area contributed by atoms with Crippen molar-refractivity contribution in [3.63, 3.8) is 0 Å². The molecule has 1 atom stereocenters. The van der Waals surface area contributed by atoms with Crippen molar-refractivity contribution in [2.75, 3.05) is 13.7 Å². The van der Waals surface area contributed by atoms with Crippen LogP contribution < -0.4 is 4.74 Å². The van der Waals surface area contributed by atoms with Crippen molar-refractivity contribution in [1.29, 1.82) is 0 Å². The summed E-state index contributed by atoms with van der Waals surface area (Å²) in [6, 6.07) is 16.6. The average molecular weight is 337 g/mol. The zero-order chi connectivity index (χ0) is 17.6. The second-order valence-electron chi connectivity index (χ2n) is 6.74. The van der Waals surface area contributed by atoms with E-state index >= 15 is 0 Å². The molecule has 3 rings (SSSR count). The Labute approximate surface area is 150 Å². The van der Waals surface area contributed by atoms with Gasteiger partial charge in [-0.15, -0.1) is 0 Å². The number of hydrogen-bond acceptors (Lipinski definition) is 2. The monoisotopic (exact) mass is 337 g/mol. The number of aryl methyl sites for hydroxylation is 1. The molecule has 25 heavy (non-hydrogen) atoms. The first-order valence-electron chi connectivity index (χ1n) is 9.21. The molecule has 0 bridgehead atoms. The van der Waals surface area contributed by atoms with Crippen LogP contribution in [0, 0.1) is 0 Å². The number of fused-ring (bicyclic) bond motifs is 1. The summed E-state index contributed by atoms with van der Waals surface area (Å²) in [7, 11) is 1.73. The maximum absolute atomic E-state index is 13.0. The van der Waals surface area contributed by atoms with E-state index in [1.807, 2.05) is 36.4 Å². The Morgan fingerprint density at radius 1 is 1.16 bits per heavy atom. The third kappa shape index (κ3) is 4.04. The molecule has 1 aliphatic rings. The third-order valence-corrected chi connectivity index (χ3v) is 5.06. The highest BCUT2D eigenvalue weighted by atomic mass is 16.5. The van der Waals surface area contributed by atoms with E-state index in [0.29, 0.717) is 6.42 Å². The number of carbonyl (C=O) groups excluding carboxylic acids is 1. The van der Waals surface area contributed by atoms with Gasteiger partial charge in [0.15, 0.2) is 0 Å². The molecule has 0 radical (unpaired) electrons. The van der Waals surface area contributed by atoms with Gasteiger partial charge in [-0.25, -0.2) is 0 Å². The highest BCUT2D eigenvalue weighted by molar-refractivity contribution is 5.79. The van der Waals surface area contributed by atoms with Crippen LogP contribution in [0.5, 0.6) is 5.75 Å². The van der Waals surface area contributed by atoms with Crippen molar-refractivity contribution in [3.8, 4) is 5.75 Å². The number of ether oxygens (including phenoxy) is 1. The molecule has 2 aromatic rings. The molecule has 1 amide bonds. The fraction of sp³-hybridized carbons (Fsp3) is 0.409. The van der Waals surface area contributed by atoms with E-state index in [4.69, 9.17) is 4.74 Å². The standard InChI is InChI=1S/C22H27NO2/c1-3-14-23(22(24)15-17-8-5-4-6-9-17)19-13-12-18-10-7-11-21(25-2)20(18)16-19/h4-11,19H,3,12-16H2,1-2H3. The van der Waals surface area contributed by atoms with Gasteiger partial charge in [0, 0.05) is 12.6 Å². The van der Waals surface area contributed by atoms with E-state index in [-0.39, 0.29) is 11.9 Å². The number of nitrogens with zero attached hydrogens (tertiary/aromatic N) is 1. The number of rotatable bonds is 6. The Balaban J connectivity index is 1.78. The second kappa shape index (κ2) is 8.19. The summed E-state index contributed by atoms with van der Waals surface area (Å²) < 4.78 is 5.55. The smallest absolute Gasteiger partial charge is 0.227 e. The molecule has 0 aliphatic heterocycles. The number of hydrogen-bond donors (Lipinski definition) is 0. The molecule has 0 heterocycles. The first kappa shape index (κ1) is 17.5. The van der Waals surface area contributed by atoms with Crippen LogP contribution in [0.1, 0.15) is 36.5 Å². The molecule has 1 unspecified atom stereocenters. The van der Waals surface area contributed by atoms with Crippen LogP contribution in [-0.2, 0) is 24.1 Å². The topological polar surface area (TPSA) is 29.5 Å². The first-order chi connectivity index (χ1) is 12.2. The number of benzene rings is 2. The van der Waals surface area contributed by atoms with Gasteiger partial charge >= 0.3 is 0 Å². The molecule has 0 saturated heterocycles. The lowest BCUT2D eigenvalue weighted by Gasteiger charge is -2.36. The van der Waals surface area contributed by atoms with Gasteiger partial charge in [-0.3, -0.25) is 4.79 Å². The summed E-state index contributed by atoms with van der Waals surface area (Å²) in [5.41, 5.74) is 3.72. The molecule has 132 valence electrons. The molecule has 1 aliphatic carbocycles. The van der Waals surface area contributed by atoms with E-state index in [9.17, 15) is 4.79 Å². The Hall–Kier alpha value is -2.29. The van der Waals surface area contributed by atoms with Crippen LogP contribution in [0.3, 0.4) is 0 Å². The summed E-state index contributed by atoms with van der Waals surface area (Å²) >= 11 is 0. The van der Waals surface area contributed by atoms with Crippen LogP contribution in [-0.4, -0.2) is 30.5 Å². The predicted molar refractivity (Wildman–Crippen MR) is 101 cm³/mol. The molecule has 3 heteroatoms. The average Bonchev–Trinajstić information content (AvgIpc) is 2.66. The van der Waals surface area contributed by atoms with Gasteiger partial charge in [0.1, 0.15) is 5.75 Å². The number of amides is 1. The Morgan fingerprint density at radius 3 is 2.68 bits per heavy atom. The molecule has 2 aromatic carbocycles. The number of methoxy groups -OCH3 is 1. The van der Waals surface area contributed by atoms with Gasteiger partial charge in [-0.1, -0.05) is 49.4 Å². The van der Waals surface area contributed by atoms with E-state index in [1.54, 1.807) is 7.11 Å². The maximum Gasteiger partial charge on any atom is 0.227 e. The lowest BCUT2D eigenvalue weighted by atomic mass is 9.86. The zero-order valence-corrected chi connectivity index (χ0v) is 15.2. The minimum absolute atomic E-state index is 0.233. The van der Waals surface area contributed by atoms with E-state index < -0.39 is 0 Å². The van der Waals surface area contributed by atoms with Gasteiger partial charge in [0.25, 0.3) is 0 Å². The van der Waals surface area contributed by atoms with Gasteiger partial charge in [-0.2, -0.15) is 0 Å². The van der Waals surface area contributed by atoms with Crippen molar-refractivity contribution in [2.45, 2.75) is 45.1 Å². The first-order valence-corrected chi connectivity index (χ1v) is 9.21. The lowest BCUT2D eigenvalue weighted by Crippen LogP contribution is -2.44. The van der Waals surface area contributed by atoms with Gasteiger partial charge < -0.3 is 9.64 Å². The van der Waals surface area contributed by atoms with Crippen molar-refractivity contribution in [1.82, 2.24) is 4.90 Å². The third-order valence-electron chi connectivity index (χ3n) is 5.06. The summed E-state index contributed by atoms with van der Waals surface area (Å²) in [5.74, 6) is 1.19. The molecule has 3 nitrogen and oxygen atoms in total. The Bertz CT molecular complexity index is 697. The van der Waals surface area contributed by atoms with Crippen LogP contribution >= 0.6 is 0 Å². The molecular formula is C22H27NO2. The quantitative estimate of drug-likeness (QED) is 0.796. The number of carbonyl (C=O) groups is 1. The maximum atomic E-state index is 13.0. The highest BCUT2D eigenvalue weighted by Gasteiger charge is 2.28. The van der Waals surface area contributed by atoms with Crippen molar-refractivity contribution >= 4 is 5.91 Å². The largest absolute Gasteiger partial charge is 0.496 e. The lowest BCUT2D eigenvalue weighted by molar-refractivity contribution is -0.133. The van der Waals surface area contributed by atoms with E-state index in [2.05, 4.69) is 24.0 Å². The predicted octanol–water partition coefficient (Wildman–Crippen LogP) is 4.03. The van der Waals surface area contributed by atoms with E-state index in [0.717, 1.165) is 43.5 Å². The van der Waals surface area contributed by atoms with Gasteiger partial charge in [0.2, 0.25) is 5.91 Å². The molecule has 0 spiro atoms. The van der Waals surface area contributed by atoms with Crippen LogP contribution in [0.4, 0.5) is 0 Å². The van der Waals surface area contributed by atoms with Gasteiger partial charge in [-0.05, 0) is 48.4 Å². The fourth-order valence-electron chi connectivity index (χ4n) is 3.82. The molecule has 0 fully saturated rings. The van der Waals surface area contributed by atoms with Crippen molar-refractivity contribution in [3.05, 3.63) is 65.2 Å². The van der Waals surface area contributed by atoms with Crippen LogP contribution in [0.2, 0.25) is 0 Å². The normalized spacial score (nSPS) is 16.2. The Morgan fingerprint density at radius 2 is 1.96 bits per heavy atom. The summed E-state index contributed by atoms with van der Waals surface area (Å²) in [5, 5.41) is 0. The highest BCUT2D eigenvalue weighted by Crippen LogP contribution is 2.31. The minimum Gasteiger partial charge on any atom is -0.496 e. The SMILES string of the molecule is CCCN(C(=O)Cc1ccccc1)C1CCc2cccc(OC)c2C1. The zero-order valence-electron chi connectivity index (χ0n) is 15.2. The summed E-state index contributed by atoms with van der Waals surface area (Å²) in [6.45, 7) is 2.96.